The van der Waals surface area contributed by atoms with E-state index in [9.17, 15) is 13.6 Å². The van der Waals surface area contributed by atoms with Gasteiger partial charge in [-0.05, 0) is 32.3 Å². The van der Waals surface area contributed by atoms with Gasteiger partial charge in [0.1, 0.15) is 5.69 Å². The van der Waals surface area contributed by atoms with Crippen molar-refractivity contribution >= 4 is 23.3 Å². The molecule has 0 spiro atoms. The minimum Gasteiger partial charge on any atom is -0.331 e. The summed E-state index contributed by atoms with van der Waals surface area (Å²) in [4.78, 5) is 12.2. The standard InChI is InChI=1S/C16H17ClF2N4O/c1-8-10(17)6-11(18)15(14(8)19)21-16(24)20-12-4-3-5-13-9(12)7-23(2)22-13/h6-7,12H,3-5H2,1-2H3,(H2,20,21,24). The van der Waals surface area contributed by atoms with E-state index in [0.29, 0.717) is 0 Å². The van der Waals surface area contributed by atoms with Crippen LogP contribution in [0.5, 0.6) is 0 Å². The van der Waals surface area contributed by atoms with Crippen molar-refractivity contribution in [2.24, 2.45) is 7.05 Å². The van der Waals surface area contributed by atoms with Crippen LogP contribution in [0.15, 0.2) is 12.3 Å². The maximum atomic E-state index is 14.1. The smallest absolute Gasteiger partial charge is 0.319 e. The monoisotopic (exact) mass is 354 g/mol. The number of fused-ring (bicyclic) bond motifs is 1. The summed E-state index contributed by atoms with van der Waals surface area (Å²) in [5.41, 5.74) is 1.46. The molecular formula is C16H17ClF2N4O. The van der Waals surface area contributed by atoms with E-state index >= 15 is 0 Å². The number of hydrogen-bond acceptors (Lipinski definition) is 2. The van der Waals surface area contributed by atoms with Crippen molar-refractivity contribution in [1.29, 1.82) is 0 Å². The van der Waals surface area contributed by atoms with E-state index < -0.39 is 23.4 Å². The molecule has 0 bridgehead atoms. The number of benzene rings is 1. The maximum absolute atomic E-state index is 14.1. The number of rotatable bonds is 2. The first kappa shape index (κ1) is 16.7. The van der Waals surface area contributed by atoms with Crippen molar-refractivity contribution in [3.05, 3.63) is 45.7 Å². The largest absolute Gasteiger partial charge is 0.331 e. The zero-order valence-electron chi connectivity index (χ0n) is 13.3. The van der Waals surface area contributed by atoms with Gasteiger partial charge in [-0.15, -0.1) is 0 Å². The van der Waals surface area contributed by atoms with E-state index in [1.54, 1.807) is 4.68 Å². The third-order valence-corrected chi connectivity index (χ3v) is 4.56. The third-order valence-electron chi connectivity index (χ3n) is 4.16. The number of aryl methyl sites for hydroxylation is 2. The van der Waals surface area contributed by atoms with Crippen LogP contribution < -0.4 is 10.6 Å². The molecule has 1 aliphatic rings. The lowest BCUT2D eigenvalue weighted by Crippen LogP contribution is -2.34. The van der Waals surface area contributed by atoms with E-state index in [4.69, 9.17) is 11.6 Å². The summed E-state index contributed by atoms with van der Waals surface area (Å²) in [6.45, 7) is 1.42. The zero-order chi connectivity index (χ0) is 17.4. The minimum atomic E-state index is -0.913. The Labute approximate surface area is 143 Å². The fourth-order valence-corrected chi connectivity index (χ4v) is 3.11. The van der Waals surface area contributed by atoms with Gasteiger partial charge in [0.2, 0.25) is 0 Å². The van der Waals surface area contributed by atoms with Gasteiger partial charge in [-0.3, -0.25) is 4.68 Å². The average Bonchev–Trinajstić information content (AvgIpc) is 2.91. The second-order valence-electron chi connectivity index (χ2n) is 5.90. The number of nitrogens with zero attached hydrogens (tertiary/aromatic N) is 2. The molecule has 0 saturated heterocycles. The Morgan fingerprint density at radius 1 is 1.46 bits per heavy atom. The maximum Gasteiger partial charge on any atom is 0.319 e. The zero-order valence-corrected chi connectivity index (χ0v) is 14.0. The first-order valence-corrected chi connectivity index (χ1v) is 7.98. The summed E-state index contributed by atoms with van der Waals surface area (Å²) in [7, 11) is 1.82. The highest BCUT2D eigenvalue weighted by molar-refractivity contribution is 6.31. The highest BCUT2D eigenvalue weighted by atomic mass is 35.5. The molecule has 5 nitrogen and oxygen atoms in total. The van der Waals surface area contributed by atoms with Crippen LogP contribution in [0.25, 0.3) is 0 Å². The second kappa shape index (κ2) is 6.39. The third kappa shape index (κ3) is 3.08. The van der Waals surface area contributed by atoms with Gasteiger partial charge in [0.25, 0.3) is 0 Å². The van der Waals surface area contributed by atoms with E-state index in [1.165, 1.54) is 6.92 Å². The molecule has 0 aliphatic heterocycles. The number of hydrogen-bond donors (Lipinski definition) is 2. The summed E-state index contributed by atoms with van der Waals surface area (Å²) in [5.74, 6) is -1.79. The molecule has 1 aromatic heterocycles. The Balaban J connectivity index is 1.77. The highest BCUT2D eigenvalue weighted by Gasteiger charge is 2.25. The highest BCUT2D eigenvalue weighted by Crippen LogP contribution is 2.30. The van der Waals surface area contributed by atoms with Crippen LogP contribution in [0.1, 0.15) is 35.7 Å². The minimum absolute atomic E-state index is 0.0248. The van der Waals surface area contributed by atoms with Crippen molar-refractivity contribution < 1.29 is 13.6 Å². The number of amides is 2. The van der Waals surface area contributed by atoms with Gasteiger partial charge in [0.05, 0.1) is 11.7 Å². The van der Waals surface area contributed by atoms with Crippen molar-refractivity contribution in [2.45, 2.75) is 32.2 Å². The Kier molecular flexibility index (Phi) is 4.45. The molecule has 2 aromatic rings. The van der Waals surface area contributed by atoms with Crippen molar-refractivity contribution in [3.8, 4) is 0 Å². The molecule has 24 heavy (non-hydrogen) atoms. The van der Waals surface area contributed by atoms with E-state index in [0.717, 1.165) is 36.6 Å². The molecular weight excluding hydrogens is 338 g/mol. The Morgan fingerprint density at radius 2 is 2.21 bits per heavy atom. The fraction of sp³-hybridized carbons (Fsp3) is 0.375. The number of halogens is 3. The van der Waals surface area contributed by atoms with Crippen LogP contribution in [0.2, 0.25) is 5.02 Å². The quantitative estimate of drug-likeness (QED) is 0.860. The molecule has 0 fully saturated rings. The molecule has 8 heteroatoms. The number of carbonyl (C=O) groups is 1. The molecule has 1 aromatic carbocycles. The molecule has 1 atom stereocenters. The number of urea groups is 1. The molecule has 128 valence electrons. The molecule has 1 unspecified atom stereocenters. The van der Waals surface area contributed by atoms with Gasteiger partial charge in [0.15, 0.2) is 11.6 Å². The van der Waals surface area contributed by atoms with Gasteiger partial charge in [-0.25, -0.2) is 13.6 Å². The van der Waals surface area contributed by atoms with Gasteiger partial charge < -0.3 is 10.6 Å². The summed E-state index contributed by atoms with van der Waals surface area (Å²) in [6.07, 6.45) is 4.34. The SMILES string of the molecule is Cc1c(Cl)cc(F)c(NC(=O)NC2CCCc3nn(C)cc32)c1F. The van der Waals surface area contributed by atoms with Crippen LogP contribution in [-0.4, -0.2) is 15.8 Å². The predicted molar refractivity (Wildman–Crippen MR) is 87.1 cm³/mol. The van der Waals surface area contributed by atoms with Gasteiger partial charge in [0, 0.05) is 29.4 Å². The van der Waals surface area contributed by atoms with Crippen LogP contribution in [0.3, 0.4) is 0 Å². The molecule has 1 aliphatic carbocycles. The van der Waals surface area contributed by atoms with Crippen LogP contribution in [-0.2, 0) is 13.5 Å². The Bertz CT molecular complexity index is 806. The second-order valence-corrected chi connectivity index (χ2v) is 6.31. The normalized spacial score (nSPS) is 16.6. The number of carbonyl (C=O) groups excluding carboxylic acids is 1. The lowest BCUT2D eigenvalue weighted by molar-refractivity contribution is 0.247. The van der Waals surface area contributed by atoms with Gasteiger partial charge in [-0.2, -0.15) is 5.10 Å². The number of anilines is 1. The van der Waals surface area contributed by atoms with Crippen molar-refractivity contribution in [2.75, 3.05) is 5.32 Å². The van der Waals surface area contributed by atoms with Crippen LogP contribution in [0, 0.1) is 18.6 Å². The summed E-state index contributed by atoms with van der Waals surface area (Å²) in [6, 6.07) is 0.0771. The number of nitrogens with one attached hydrogen (secondary N) is 2. The van der Waals surface area contributed by atoms with Crippen LogP contribution in [0.4, 0.5) is 19.3 Å². The first-order valence-electron chi connectivity index (χ1n) is 7.61. The topological polar surface area (TPSA) is 59.0 Å². The molecule has 0 radical (unpaired) electrons. The summed E-state index contributed by atoms with van der Waals surface area (Å²) < 4.78 is 29.7. The molecule has 3 rings (SSSR count). The number of aromatic nitrogens is 2. The Hall–Kier alpha value is -2.15. The molecule has 1 heterocycles. The summed E-state index contributed by atoms with van der Waals surface area (Å²) >= 11 is 5.72. The average molecular weight is 355 g/mol. The van der Waals surface area contributed by atoms with E-state index in [1.807, 2.05) is 13.2 Å². The predicted octanol–water partition coefficient (Wildman–Crippen LogP) is 3.86. The van der Waals surface area contributed by atoms with Crippen molar-refractivity contribution in [1.82, 2.24) is 15.1 Å². The lowest BCUT2D eigenvalue weighted by atomic mass is 9.93. The summed E-state index contributed by atoms with van der Waals surface area (Å²) in [5, 5.41) is 9.33. The molecule has 0 saturated carbocycles. The lowest BCUT2D eigenvalue weighted by Gasteiger charge is -2.23. The van der Waals surface area contributed by atoms with Gasteiger partial charge in [-0.1, -0.05) is 11.6 Å². The van der Waals surface area contributed by atoms with Crippen LogP contribution >= 0.6 is 11.6 Å². The van der Waals surface area contributed by atoms with Crippen molar-refractivity contribution in [3.63, 3.8) is 0 Å². The Morgan fingerprint density at radius 3 is 2.96 bits per heavy atom. The fourth-order valence-electron chi connectivity index (χ4n) is 2.93. The first-order chi connectivity index (χ1) is 11.4. The van der Waals surface area contributed by atoms with E-state index in [2.05, 4.69) is 15.7 Å². The molecule has 2 N–H and O–H groups in total. The van der Waals surface area contributed by atoms with E-state index in [-0.39, 0.29) is 16.6 Å². The molecule has 2 amide bonds. The van der Waals surface area contributed by atoms with Gasteiger partial charge >= 0.3 is 6.03 Å².